The maximum atomic E-state index is 11.0. The van der Waals surface area contributed by atoms with Crippen molar-refractivity contribution in [3.63, 3.8) is 0 Å². The van der Waals surface area contributed by atoms with Gasteiger partial charge in [0, 0.05) is 17.0 Å². The Bertz CT molecular complexity index is 1070. The molecule has 3 aromatic heterocycles. The van der Waals surface area contributed by atoms with E-state index in [0.717, 1.165) is 22.5 Å². The molecule has 3 heterocycles. The average Bonchev–Trinajstić information content (AvgIpc) is 3.22. The second kappa shape index (κ2) is 6.11. The highest BCUT2D eigenvalue weighted by Crippen LogP contribution is 2.24. The predicted molar refractivity (Wildman–Crippen MR) is 94.1 cm³/mol. The van der Waals surface area contributed by atoms with Gasteiger partial charge < -0.3 is 9.52 Å². The number of pyridine rings is 1. The fourth-order valence-electron chi connectivity index (χ4n) is 2.77. The van der Waals surface area contributed by atoms with E-state index in [1.165, 1.54) is 6.07 Å². The van der Waals surface area contributed by atoms with E-state index in [-0.39, 0.29) is 5.76 Å². The fraction of sp³-hybridized carbons (Fsp3) is 0.0526. The number of aromatic nitrogens is 2. The third kappa shape index (κ3) is 3.02. The minimum absolute atomic E-state index is 0.0845. The molecule has 0 aliphatic rings. The van der Waals surface area contributed by atoms with Gasteiger partial charge in [-0.05, 0) is 30.3 Å². The number of carboxylic acid groups (broad SMARTS) is 1. The lowest BCUT2D eigenvalue weighted by molar-refractivity contribution is 0.0660. The van der Waals surface area contributed by atoms with Crippen LogP contribution in [0.3, 0.4) is 0 Å². The van der Waals surface area contributed by atoms with Crippen molar-refractivity contribution in [2.75, 3.05) is 0 Å². The van der Waals surface area contributed by atoms with E-state index in [0.29, 0.717) is 17.2 Å². The molecule has 0 saturated heterocycles. The van der Waals surface area contributed by atoms with Crippen LogP contribution in [0.25, 0.3) is 16.8 Å². The second-order valence-electron chi connectivity index (χ2n) is 5.65. The Kier molecular flexibility index (Phi) is 3.78. The zero-order chi connectivity index (χ0) is 17.4. The summed E-state index contributed by atoms with van der Waals surface area (Å²) in [6.07, 6.45) is 0.389. The third-order valence-electron chi connectivity index (χ3n) is 3.90. The second-order valence-corrected chi connectivity index (χ2v) is 6.08. The first-order valence-corrected chi connectivity index (χ1v) is 8.03. The molecule has 4 rings (SSSR count). The molecule has 0 bridgehead atoms. The van der Waals surface area contributed by atoms with Crippen molar-refractivity contribution in [3.05, 3.63) is 82.9 Å². The molecule has 0 fully saturated rings. The Morgan fingerprint density at radius 2 is 1.92 bits per heavy atom. The number of nitrogens with zero attached hydrogens (tertiary/aromatic N) is 2. The van der Waals surface area contributed by atoms with Crippen LogP contribution in [0.1, 0.15) is 22.0 Å². The van der Waals surface area contributed by atoms with Gasteiger partial charge in [0.15, 0.2) is 0 Å². The van der Waals surface area contributed by atoms with Gasteiger partial charge in [0.05, 0.1) is 16.9 Å². The van der Waals surface area contributed by atoms with Crippen molar-refractivity contribution >= 4 is 23.1 Å². The van der Waals surface area contributed by atoms with Crippen molar-refractivity contribution in [1.29, 1.82) is 0 Å². The smallest absolute Gasteiger partial charge is 0.371 e. The van der Waals surface area contributed by atoms with E-state index in [1.54, 1.807) is 16.6 Å². The van der Waals surface area contributed by atoms with Crippen LogP contribution in [0.2, 0.25) is 5.02 Å². The molecule has 6 heteroatoms. The summed E-state index contributed by atoms with van der Waals surface area (Å²) in [6, 6.07) is 18.6. The zero-order valence-corrected chi connectivity index (χ0v) is 13.8. The summed E-state index contributed by atoms with van der Waals surface area (Å²) < 4.78 is 7.15. The number of furan rings is 1. The molecule has 0 unspecified atom stereocenters. The Balaban J connectivity index is 1.77. The number of halogens is 1. The number of hydrogen-bond acceptors (Lipinski definition) is 3. The van der Waals surface area contributed by atoms with Gasteiger partial charge in [-0.25, -0.2) is 9.31 Å². The number of hydrogen-bond donors (Lipinski definition) is 1. The summed E-state index contributed by atoms with van der Waals surface area (Å²) in [5.74, 6) is -0.635. The average molecular weight is 353 g/mol. The molecule has 0 spiro atoms. The molecular weight excluding hydrogens is 340 g/mol. The van der Waals surface area contributed by atoms with Gasteiger partial charge in [-0.3, -0.25) is 0 Å². The Morgan fingerprint density at radius 1 is 1.12 bits per heavy atom. The SMILES string of the molecule is O=C(O)c1ccc(Cc2cc(Cl)cc3cc(-c4ccccc4)nn23)o1. The standard InChI is InChI=1S/C19H13ClN2O3/c20-13-8-14(10-16-6-7-18(25-16)19(23)24)22-15(9-13)11-17(21-22)12-4-2-1-3-5-12/h1-9,11H,10H2,(H,23,24). The van der Waals surface area contributed by atoms with Crippen LogP contribution in [0.4, 0.5) is 0 Å². The van der Waals surface area contributed by atoms with E-state index in [4.69, 9.17) is 21.1 Å². The van der Waals surface area contributed by atoms with Gasteiger partial charge in [0.2, 0.25) is 5.76 Å². The highest BCUT2D eigenvalue weighted by atomic mass is 35.5. The molecule has 0 atom stereocenters. The summed E-state index contributed by atoms with van der Waals surface area (Å²) in [5, 5.41) is 14.2. The number of fused-ring (bicyclic) bond motifs is 1. The fourth-order valence-corrected chi connectivity index (χ4v) is 3.01. The van der Waals surface area contributed by atoms with Crippen molar-refractivity contribution < 1.29 is 14.3 Å². The minimum Gasteiger partial charge on any atom is -0.475 e. The Morgan fingerprint density at radius 3 is 2.64 bits per heavy atom. The van der Waals surface area contributed by atoms with Gasteiger partial charge in [-0.1, -0.05) is 41.9 Å². The molecule has 1 N–H and O–H groups in total. The zero-order valence-electron chi connectivity index (χ0n) is 13.0. The van der Waals surface area contributed by atoms with Gasteiger partial charge in [0.1, 0.15) is 5.76 Å². The van der Waals surface area contributed by atoms with Gasteiger partial charge in [-0.15, -0.1) is 0 Å². The van der Waals surface area contributed by atoms with Crippen LogP contribution in [0.5, 0.6) is 0 Å². The monoisotopic (exact) mass is 352 g/mol. The van der Waals surface area contributed by atoms with Gasteiger partial charge in [0.25, 0.3) is 0 Å². The van der Waals surface area contributed by atoms with E-state index in [9.17, 15) is 4.79 Å². The van der Waals surface area contributed by atoms with Crippen LogP contribution >= 0.6 is 11.6 Å². The third-order valence-corrected chi connectivity index (χ3v) is 4.11. The molecule has 0 saturated carbocycles. The number of rotatable bonds is 4. The largest absolute Gasteiger partial charge is 0.475 e. The first-order valence-electron chi connectivity index (χ1n) is 7.66. The van der Waals surface area contributed by atoms with Gasteiger partial charge in [-0.2, -0.15) is 5.10 Å². The summed E-state index contributed by atoms with van der Waals surface area (Å²) in [7, 11) is 0. The maximum absolute atomic E-state index is 11.0. The lowest BCUT2D eigenvalue weighted by Crippen LogP contribution is -2.00. The normalized spacial score (nSPS) is 11.1. The number of aromatic carboxylic acids is 1. The number of carboxylic acids is 1. The van der Waals surface area contributed by atoms with Crippen LogP contribution < -0.4 is 0 Å². The van der Waals surface area contributed by atoms with E-state index >= 15 is 0 Å². The highest BCUT2D eigenvalue weighted by molar-refractivity contribution is 6.31. The number of carbonyl (C=O) groups is 1. The lowest BCUT2D eigenvalue weighted by atomic mass is 10.1. The molecule has 4 aromatic rings. The van der Waals surface area contributed by atoms with E-state index in [2.05, 4.69) is 5.10 Å². The van der Waals surface area contributed by atoms with Crippen LogP contribution in [-0.2, 0) is 6.42 Å². The molecular formula is C19H13ClN2O3. The quantitative estimate of drug-likeness (QED) is 0.585. The summed E-state index contributed by atoms with van der Waals surface area (Å²) >= 11 is 6.24. The molecule has 25 heavy (non-hydrogen) atoms. The summed E-state index contributed by atoms with van der Waals surface area (Å²) in [4.78, 5) is 11.0. The van der Waals surface area contributed by atoms with E-state index < -0.39 is 5.97 Å². The van der Waals surface area contributed by atoms with Crippen LogP contribution in [0, 0.1) is 0 Å². The Hall–Kier alpha value is -3.05. The van der Waals surface area contributed by atoms with E-state index in [1.807, 2.05) is 42.5 Å². The molecule has 5 nitrogen and oxygen atoms in total. The van der Waals surface area contributed by atoms with Crippen molar-refractivity contribution in [2.24, 2.45) is 0 Å². The first kappa shape index (κ1) is 15.5. The van der Waals surface area contributed by atoms with Gasteiger partial charge >= 0.3 is 5.97 Å². The molecule has 0 amide bonds. The highest BCUT2D eigenvalue weighted by Gasteiger charge is 2.13. The lowest BCUT2D eigenvalue weighted by Gasteiger charge is -2.04. The molecule has 124 valence electrons. The minimum atomic E-state index is -1.09. The maximum Gasteiger partial charge on any atom is 0.371 e. The summed E-state index contributed by atoms with van der Waals surface area (Å²) in [5.41, 5.74) is 3.54. The molecule has 0 aliphatic carbocycles. The van der Waals surface area contributed by atoms with Crippen molar-refractivity contribution in [3.8, 4) is 11.3 Å². The van der Waals surface area contributed by atoms with Crippen molar-refractivity contribution in [1.82, 2.24) is 9.61 Å². The molecule has 1 aromatic carbocycles. The summed E-state index contributed by atoms with van der Waals surface area (Å²) in [6.45, 7) is 0. The van der Waals surface area contributed by atoms with Crippen LogP contribution in [-0.4, -0.2) is 20.7 Å². The topological polar surface area (TPSA) is 67.7 Å². The van der Waals surface area contributed by atoms with Crippen LogP contribution in [0.15, 0.2) is 65.1 Å². The first-order chi connectivity index (χ1) is 12.1. The van der Waals surface area contributed by atoms with Crippen molar-refractivity contribution in [2.45, 2.75) is 6.42 Å². The predicted octanol–water partition coefficient (Wildman–Crippen LogP) is 4.54. The molecule has 0 aliphatic heterocycles. The molecule has 0 radical (unpaired) electrons. The number of benzene rings is 1. The Labute approximate surface area is 148 Å².